The normalized spacial score (nSPS) is 12.4. The van der Waals surface area contributed by atoms with Crippen LogP contribution in [0.25, 0.3) is 0 Å². The molecule has 6 aromatic rings. The van der Waals surface area contributed by atoms with Crippen molar-refractivity contribution in [1.82, 2.24) is 29.9 Å². The molecule has 10 N–H and O–H groups in total. The molecule has 78 heavy (non-hydrogen) atoms. The second kappa shape index (κ2) is 29.7. The van der Waals surface area contributed by atoms with Crippen molar-refractivity contribution in [1.29, 1.82) is 0 Å². The summed E-state index contributed by atoms with van der Waals surface area (Å²) < 4.78 is 31.8. The standard InChI is InChI=1S/C52H62N12O14/c1-73-43(69)39(27-31-5-13-35(65)14-6-31)55-49-59-47(60-50(63-49)56-40(44(70)74-2)28-32-7-15-36(66)16-8-32)53-21-23-77-25-26-78-24-22-54-48-61-51(57-41(45(71)75-3)29-33-9-17-37(67)18-10-33)64-52(62-48)58-42(46(72)76-4)30-34-11-19-38(68)20-12-34/h5-20,39-42,65-68H,21-30H2,1-4H3,(H3,53,55,56,59,60,63)(H3,54,57,58,61,62,64)/t39-,40-,41-,42-/m0/s1. The molecule has 6 rings (SSSR count). The lowest BCUT2D eigenvalue weighted by Crippen LogP contribution is -2.35. The Labute approximate surface area is 448 Å². The van der Waals surface area contributed by atoms with Crippen molar-refractivity contribution >= 4 is 59.6 Å². The highest BCUT2D eigenvalue weighted by atomic mass is 16.5. The SMILES string of the molecule is COC(=O)[C@H](Cc1ccc(O)cc1)Nc1nc(NCCOCCOCCNc2nc(N[C@@H](Cc3ccc(O)cc3)C(=O)OC)nc(N[C@@H](Cc3ccc(O)cc3)C(=O)OC)n2)nc(N[C@@H](Cc2ccc(O)cc2)C(=O)OC)n1. The minimum atomic E-state index is -0.973. The van der Waals surface area contributed by atoms with Gasteiger partial charge < -0.3 is 80.7 Å². The molecular formula is C52H62N12O14. The molecule has 0 radical (unpaired) electrons. The molecule has 0 saturated heterocycles. The molecule has 414 valence electrons. The van der Waals surface area contributed by atoms with E-state index in [0.29, 0.717) is 22.3 Å². The minimum absolute atomic E-state index is 0.0375. The van der Waals surface area contributed by atoms with E-state index >= 15 is 0 Å². The first-order valence-corrected chi connectivity index (χ1v) is 24.3. The van der Waals surface area contributed by atoms with Gasteiger partial charge in [-0.25, -0.2) is 19.2 Å². The summed E-state index contributed by atoms with van der Waals surface area (Å²) in [4.78, 5) is 78.6. The van der Waals surface area contributed by atoms with Crippen LogP contribution in [0.5, 0.6) is 23.0 Å². The molecule has 26 nitrogen and oxygen atoms in total. The number of aromatic nitrogens is 6. The highest BCUT2D eigenvalue weighted by Crippen LogP contribution is 2.21. The maximum Gasteiger partial charge on any atom is 0.328 e. The molecule has 2 heterocycles. The van der Waals surface area contributed by atoms with Gasteiger partial charge in [0.2, 0.25) is 35.7 Å². The van der Waals surface area contributed by atoms with Gasteiger partial charge >= 0.3 is 23.9 Å². The number of ether oxygens (including phenoxy) is 6. The highest BCUT2D eigenvalue weighted by Gasteiger charge is 2.27. The van der Waals surface area contributed by atoms with Crippen molar-refractivity contribution in [2.75, 3.05) is 99.9 Å². The number of methoxy groups -OCH3 is 4. The zero-order valence-electron chi connectivity index (χ0n) is 43.2. The molecule has 2 aromatic heterocycles. The molecule has 4 aromatic carbocycles. The summed E-state index contributed by atoms with van der Waals surface area (Å²) in [7, 11) is 4.98. The molecule has 0 aliphatic heterocycles. The zero-order chi connectivity index (χ0) is 55.8. The molecular weight excluding hydrogens is 1020 g/mol. The van der Waals surface area contributed by atoms with E-state index in [9.17, 15) is 39.6 Å². The number of carbonyl (C=O) groups is 4. The number of carbonyl (C=O) groups excluding carboxylic acids is 4. The molecule has 0 unspecified atom stereocenters. The number of hydrogen-bond acceptors (Lipinski definition) is 26. The summed E-state index contributed by atoms with van der Waals surface area (Å²) in [5.41, 5.74) is 2.82. The molecule has 0 spiro atoms. The molecule has 4 atom stereocenters. The van der Waals surface area contributed by atoms with Crippen LogP contribution in [-0.2, 0) is 73.3 Å². The lowest BCUT2D eigenvalue weighted by atomic mass is 10.1. The Balaban J connectivity index is 1.07. The predicted molar refractivity (Wildman–Crippen MR) is 283 cm³/mol. The number of anilines is 6. The lowest BCUT2D eigenvalue weighted by molar-refractivity contribution is -0.142. The summed E-state index contributed by atoms with van der Waals surface area (Å²) >= 11 is 0. The number of nitrogens with one attached hydrogen (secondary N) is 6. The number of rotatable bonds is 31. The van der Waals surface area contributed by atoms with Gasteiger partial charge in [-0.3, -0.25) is 0 Å². The van der Waals surface area contributed by atoms with E-state index in [1.165, 1.54) is 77.0 Å². The van der Waals surface area contributed by atoms with Crippen molar-refractivity contribution in [3.8, 4) is 23.0 Å². The van der Waals surface area contributed by atoms with E-state index in [2.05, 4.69) is 61.8 Å². The van der Waals surface area contributed by atoms with Gasteiger partial charge in [-0.1, -0.05) is 48.5 Å². The maximum absolute atomic E-state index is 13.0. The van der Waals surface area contributed by atoms with Gasteiger partial charge in [-0.15, -0.1) is 0 Å². The van der Waals surface area contributed by atoms with Crippen molar-refractivity contribution in [2.24, 2.45) is 0 Å². The smallest absolute Gasteiger partial charge is 0.328 e. The van der Waals surface area contributed by atoms with Gasteiger partial charge in [0.05, 0.1) is 54.9 Å². The van der Waals surface area contributed by atoms with E-state index in [1.54, 1.807) is 48.5 Å². The van der Waals surface area contributed by atoms with Gasteiger partial charge in [-0.2, -0.15) is 29.9 Å². The van der Waals surface area contributed by atoms with Crippen molar-refractivity contribution in [3.63, 3.8) is 0 Å². The summed E-state index contributed by atoms with van der Waals surface area (Å²) in [6.07, 6.45) is 0.562. The van der Waals surface area contributed by atoms with Crippen LogP contribution >= 0.6 is 0 Å². The summed E-state index contributed by atoms with van der Waals surface area (Å²) in [6, 6.07) is 21.4. The molecule has 0 bridgehead atoms. The third kappa shape index (κ3) is 18.8. The van der Waals surface area contributed by atoms with Gasteiger partial charge in [0.25, 0.3) is 0 Å². The van der Waals surface area contributed by atoms with Gasteiger partial charge in [-0.05, 0) is 70.8 Å². The van der Waals surface area contributed by atoms with Crippen LogP contribution < -0.4 is 31.9 Å². The second-order valence-corrected chi connectivity index (χ2v) is 17.1. The molecule has 0 aliphatic carbocycles. The Hall–Kier alpha value is -9.30. The molecule has 0 aliphatic rings. The largest absolute Gasteiger partial charge is 0.508 e. The maximum atomic E-state index is 13.0. The molecule has 26 heteroatoms. The Morgan fingerprint density at radius 3 is 0.795 bits per heavy atom. The van der Waals surface area contributed by atoms with E-state index in [-0.39, 0.29) is 124 Å². The number of nitrogens with zero attached hydrogens (tertiary/aromatic N) is 6. The number of phenolic OH excluding ortho intramolecular Hbond substituents is 4. The van der Waals surface area contributed by atoms with Crippen LogP contribution in [0.1, 0.15) is 22.3 Å². The summed E-state index contributed by atoms with van der Waals surface area (Å²) in [6.45, 7) is 1.13. The fourth-order valence-corrected chi connectivity index (χ4v) is 7.40. The van der Waals surface area contributed by atoms with Crippen LogP contribution in [-0.4, -0.2) is 166 Å². The number of phenols is 4. The fourth-order valence-electron chi connectivity index (χ4n) is 7.40. The number of benzene rings is 4. The van der Waals surface area contributed by atoms with Crippen LogP contribution in [0, 0.1) is 0 Å². The van der Waals surface area contributed by atoms with Gasteiger partial charge in [0.1, 0.15) is 47.2 Å². The quantitative estimate of drug-likeness (QED) is 0.0170. The van der Waals surface area contributed by atoms with Gasteiger partial charge in [0, 0.05) is 38.8 Å². The monoisotopic (exact) mass is 1080 g/mol. The van der Waals surface area contributed by atoms with Crippen molar-refractivity contribution in [2.45, 2.75) is 49.9 Å². The highest BCUT2D eigenvalue weighted by molar-refractivity contribution is 5.81. The Morgan fingerprint density at radius 1 is 0.359 bits per heavy atom. The van der Waals surface area contributed by atoms with Crippen LogP contribution in [0.3, 0.4) is 0 Å². The first-order chi connectivity index (χ1) is 37.7. The zero-order valence-corrected chi connectivity index (χ0v) is 43.2. The first-order valence-electron chi connectivity index (χ1n) is 24.3. The van der Waals surface area contributed by atoms with E-state index in [0.717, 1.165) is 0 Å². The summed E-state index contributed by atoms with van der Waals surface area (Å²) in [5.74, 6) is -2.25. The molecule has 0 saturated carbocycles. The Morgan fingerprint density at radius 2 is 0.577 bits per heavy atom. The van der Waals surface area contributed by atoms with Crippen molar-refractivity contribution < 1.29 is 68.0 Å². The summed E-state index contributed by atoms with van der Waals surface area (Å²) in [5, 5.41) is 57.3. The van der Waals surface area contributed by atoms with E-state index in [4.69, 9.17) is 28.4 Å². The third-order valence-electron chi connectivity index (χ3n) is 11.4. The first kappa shape index (κ1) is 58.0. The van der Waals surface area contributed by atoms with Crippen LogP contribution in [0.15, 0.2) is 97.1 Å². The van der Waals surface area contributed by atoms with Gasteiger partial charge in [0.15, 0.2) is 0 Å². The second-order valence-electron chi connectivity index (χ2n) is 17.1. The van der Waals surface area contributed by atoms with E-state index in [1.807, 2.05) is 0 Å². The minimum Gasteiger partial charge on any atom is -0.508 e. The predicted octanol–water partition coefficient (Wildman–Crippen LogP) is 3.22. The van der Waals surface area contributed by atoms with Crippen LogP contribution in [0.4, 0.5) is 35.7 Å². The lowest BCUT2D eigenvalue weighted by Gasteiger charge is -2.20. The molecule has 0 fully saturated rings. The Kier molecular flexibility index (Phi) is 22.1. The van der Waals surface area contributed by atoms with E-state index < -0.39 is 48.0 Å². The number of aromatic hydroxyl groups is 4. The van der Waals surface area contributed by atoms with Crippen molar-refractivity contribution in [3.05, 3.63) is 119 Å². The Bertz CT molecular complexity index is 2500. The molecule has 0 amide bonds. The topological polar surface area (TPSA) is 354 Å². The fraction of sp³-hybridized carbons (Fsp3) is 0.346. The average molecular weight is 1080 g/mol. The average Bonchev–Trinajstić information content (AvgIpc) is 3.44. The number of hydrogen-bond donors (Lipinski definition) is 10. The van der Waals surface area contributed by atoms with Crippen LogP contribution in [0.2, 0.25) is 0 Å². The third-order valence-corrected chi connectivity index (χ3v) is 11.4. The number of esters is 4.